The van der Waals surface area contributed by atoms with Crippen LogP contribution >= 0.6 is 0 Å². The fourth-order valence-electron chi connectivity index (χ4n) is 2.32. The Morgan fingerprint density at radius 3 is 2.79 bits per heavy atom. The molecule has 0 aliphatic heterocycles. The summed E-state index contributed by atoms with van der Waals surface area (Å²) in [6, 6.07) is 8.82. The van der Waals surface area contributed by atoms with Gasteiger partial charge in [0, 0.05) is 5.92 Å². The molecule has 74 valence electrons. The standard InChI is InChI=1S/C14H18/c1-3-4-7-12-10-11(2)13-8-5-6-9-14(12)13/h5-6,8-10,12H,3-4,7H2,1-2H3. The molecule has 0 aromatic heterocycles. The third kappa shape index (κ3) is 1.61. The average Bonchev–Trinajstić information content (AvgIpc) is 2.54. The molecule has 1 aliphatic rings. The van der Waals surface area contributed by atoms with Crippen LogP contribution in [0.1, 0.15) is 50.2 Å². The van der Waals surface area contributed by atoms with Gasteiger partial charge in [-0.1, -0.05) is 50.1 Å². The molecule has 0 radical (unpaired) electrons. The molecule has 1 aromatic rings. The Morgan fingerprint density at radius 1 is 1.21 bits per heavy atom. The number of rotatable bonds is 3. The monoisotopic (exact) mass is 186 g/mol. The second kappa shape index (κ2) is 4.00. The summed E-state index contributed by atoms with van der Waals surface area (Å²) < 4.78 is 0. The molecule has 0 heterocycles. The van der Waals surface area contributed by atoms with Gasteiger partial charge in [-0.25, -0.2) is 0 Å². The fourth-order valence-corrected chi connectivity index (χ4v) is 2.32. The summed E-state index contributed by atoms with van der Waals surface area (Å²) in [6.07, 6.45) is 6.37. The van der Waals surface area contributed by atoms with Crippen LogP contribution in [0.25, 0.3) is 5.57 Å². The smallest absolute Gasteiger partial charge is 0.00299 e. The molecule has 0 saturated heterocycles. The van der Waals surface area contributed by atoms with Crippen LogP contribution in [0.4, 0.5) is 0 Å². The Hall–Kier alpha value is -1.04. The molecule has 1 aromatic carbocycles. The largest absolute Gasteiger partial charge is 0.0734 e. The van der Waals surface area contributed by atoms with Gasteiger partial charge in [0.05, 0.1) is 0 Å². The lowest BCUT2D eigenvalue weighted by molar-refractivity contribution is 0.669. The molecule has 0 spiro atoms. The minimum absolute atomic E-state index is 0.686. The summed E-state index contributed by atoms with van der Waals surface area (Å²) in [5, 5.41) is 0. The minimum atomic E-state index is 0.686. The van der Waals surface area contributed by atoms with Crippen LogP contribution in [0.15, 0.2) is 30.3 Å². The van der Waals surface area contributed by atoms with Crippen molar-refractivity contribution in [1.82, 2.24) is 0 Å². The average molecular weight is 186 g/mol. The normalized spacial score (nSPS) is 19.3. The second-order valence-corrected chi connectivity index (χ2v) is 4.19. The van der Waals surface area contributed by atoms with Crippen LogP contribution in [0.3, 0.4) is 0 Å². The van der Waals surface area contributed by atoms with E-state index in [1.165, 1.54) is 30.4 Å². The van der Waals surface area contributed by atoms with E-state index in [-0.39, 0.29) is 0 Å². The molecule has 0 heteroatoms. The lowest BCUT2D eigenvalue weighted by Crippen LogP contribution is -1.92. The Kier molecular flexibility index (Phi) is 2.72. The van der Waals surface area contributed by atoms with E-state index in [0.29, 0.717) is 5.92 Å². The maximum atomic E-state index is 2.43. The van der Waals surface area contributed by atoms with Crippen LogP contribution in [-0.4, -0.2) is 0 Å². The first-order valence-electron chi connectivity index (χ1n) is 5.60. The van der Waals surface area contributed by atoms with E-state index < -0.39 is 0 Å². The molecule has 0 N–H and O–H groups in total. The van der Waals surface area contributed by atoms with E-state index in [1.54, 1.807) is 5.56 Å². The first kappa shape index (κ1) is 9.51. The summed E-state index contributed by atoms with van der Waals surface area (Å²) >= 11 is 0. The van der Waals surface area contributed by atoms with Gasteiger partial charge in [0.25, 0.3) is 0 Å². The Balaban J connectivity index is 2.23. The van der Waals surface area contributed by atoms with Gasteiger partial charge in [-0.05, 0) is 30.0 Å². The van der Waals surface area contributed by atoms with Crippen molar-refractivity contribution in [3.8, 4) is 0 Å². The van der Waals surface area contributed by atoms with Gasteiger partial charge in [-0.15, -0.1) is 0 Å². The van der Waals surface area contributed by atoms with E-state index >= 15 is 0 Å². The first-order valence-corrected chi connectivity index (χ1v) is 5.60. The van der Waals surface area contributed by atoms with Gasteiger partial charge in [0.2, 0.25) is 0 Å². The van der Waals surface area contributed by atoms with Crippen LogP contribution < -0.4 is 0 Å². The molecule has 14 heavy (non-hydrogen) atoms. The zero-order valence-corrected chi connectivity index (χ0v) is 9.09. The molecule has 1 aliphatic carbocycles. The Morgan fingerprint density at radius 2 is 2.00 bits per heavy atom. The summed E-state index contributed by atoms with van der Waals surface area (Å²) in [7, 11) is 0. The molecule has 2 rings (SSSR count). The van der Waals surface area contributed by atoms with Crippen molar-refractivity contribution in [2.45, 2.75) is 39.0 Å². The van der Waals surface area contributed by atoms with Crippen LogP contribution in [0, 0.1) is 0 Å². The van der Waals surface area contributed by atoms with Crippen LogP contribution in [0.5, 0.6) is 0 Å². The fraction of sp³-hybridized carbons (Fsp3) is 0.429. The van der Waals surface area contributed by atoms with Crippen molar-refractivity contribution in [2.75, 3.05) is 0 Å². The third-order valence-corrected chi connectivity index (χ3v) is 3.10. The molecule has 1 unspecified atom stereocenters. The highest BCUT2D eigenvalue weighted by Crippen LogP contribution is 2.37. The number of allylic oxidation sites excluding steroid dienone is 2. The molecule has 0 amide bonds. The molecule has 0 fully saturated rings. The van der Waals surface area contributed by atoms with E-state index in [0.717, 1.165) is 0 Å². The van der Waals surface area contributed by atoms with E-state index in [2.05, 4.69) is 44.2 Å². The van der Waals surface area contributed by atoms with Gasteiger partial charge >= 0.3 is 0 Å². The second-order valence-electron chi connectivity index (χ2n) is 4.19. The van der Waals surface area contributed by atoms with Crippen molar-refractivity contribution in [1.29, 1.82) is 0 Å². The number of fused-ring (bicyclic) bond motifs is 1. The molecule has 0 saturated carbocycles. The topological polar surface area (TPSA) is 0 Å². The van der Waals surface area contributed by atoms with E-state index in [1.807, 2.05) is 0 Å². The van der Waals surface area contributed by atoms with Gasteiger partial charge in [-0.2, -0.15) is 0 Å². The maximum Gasteiger partial charge on any atom is 0.00299 e. The molecular weight excluding hydrogens is 168 g/mol. The Bertz CT molecular complexity index is 347. The van der Waals surface area contributed by atoms with E-state index in [9.17, 15) is 0 Å². The van der Waals surface area contributed by atoms with Crippen molar-refractivity contribution in [3.63, 3.8) is 0 Å². The number of unbranched alkanes of at least 4 members (excludes halogenated alkanes) is 1. The molecule has 0 bridgehead atoms. The highest BCUT2D eigenvalue weighted by atomic mass is 14.2. The lowest BCUT2D eigenvalue weighted by atomic mass is 9.95. The molecular formula is C14H18. The van der Waals surface area contributed by atoms with Gasteiger partial charge in [0.1, 0.15) is 0 Å². The Labute approximate surface area is 86.7 Å². The van der Waals surface area contributed by atoms with Crippen molar-refractivity contribution in [3.05, 3.63) is 41.5 Å². The molecule has 0 nitrogen and oxygen atoms in total. The third-order valence-electron chi connectivity index (χ3n) is 3.10. The SMILES string of the molecule is CCCCC1C=C(C)c2ccccc21. The van der Waals surface area contributed by atoms with Crippen molar-refractivity contribution < 1.29 is 0 Å². The predicted octanol–water partition coefficient (Wildman–Crippen LogP) is 4.38. The van der Waals surface area contributed by atoms with Gasteiger partial charge < -0.3 is 0 Å². The quantitative estimate of drug-likeness (QED) is 0.657. The minimum Gasteiger partial charge on any atom is -0.0734 e. The van der Waals surface area contributed by atoms with Crippen LogP contribution in [0.2, 0.25) is 0 Å². The number of benzene rings is 1. The summed E-state index contributed by atoms with van der Waals surface area (Å²) in [4.78, 5) is 0. The summed E-state index contributed by atoms with van der Waals surface area (Å²) in [5.74, 6) is 0.686. The lowest BCUT2D eigenvalue weighted by Gasteiger charge is -2.09. The van der Waals surface area contributed by atoms with Crippen LogP contribution in [-0.2, 0) is 0 Å². The predicted molar refractivity (Wildman–Crippen MR) is 62.4 cm³/mol. The van der Waals surface area contributed by atoms with Gasteiger partial charge in [-0.3, -0.25) is 0 Å². The van der Waals surface area contributed by atoms with E-state index in [4.69, 9.17) is 0 Å². The first-order chi connectivity index (χ1) is 6.83. The summed E-state index contributed by atoms with van der Waals surface area (Å²) in [5.41, 5.74) is 4.47. The highest BCUT2D eigenvalue weighted by molar-refractivity contribution is 5.73. The van der Waals surface area contributed by atoms with Crippen molar-refractivity contribution in [2.24, 2.45) is 0 Å². The maximum absolute atomic E-state index is 2.43. The summed E-state index contributed by atoms with van der Waals surface area (Å²) in [6.45, 7) is 4.49. The van der Waals surface area contributed by atoms with Crippen molar-refractivity contribution >= 4 is 5.57 Å². The zero-order valence-electron chi connectivity index (χ0n) is 9.09. The zero-order chi connectivity index (χ0) is 9.97. The number of hydrogen-bond acceptors (Lipinski definition) is 0. The highest BCUT2D eigenvalue weighted by Gasteiger charge is 2.19. The van der Waals surface area contributed by atoms with Gasteiger partial charge in [0.15, 0.2) is 0 Å². The number of hydrogen-bond donors (Lipinski definition) is 0. The molecule has 1 atom stereocenters.